The molecule has 2 nitrogen and oxygen atoms in total. The number of rotatable bonds is 0. The largest absolute Gasteiger partial charge is 0.290 e. The first-order valence-electron chi connectivity index (χ1n) is 6.49. The van der Waals surface area contributed by atoms with E-state index in [1.807, 2.05) is 47.6 Å². The first kappa shape index (κ1) is 15.1. The van der Waals surface area contributed by atoms with Gasteiger partial charge in [-0.2, -0.15) is 0 Å². The monoisotopic (exact) mass is 302 g/mol. The van der Waals surface area contributed by atoms with Crippen LogP contribution in [0.4, 0.5) is 0 Å². The maximum Gasteiger partial charge on any atom is 0.225 e. The molecule has 0 aliphatic heterocycles. The van der Waals surface area contributed by atoms with Gasteiger partial charge in [0.25, 0.3) is 0 Å². The summed E-state index contributed by atoms with van der Waals surface area (Å²) in [5.41, 5.74) is -1.27. The van der Waals surface area contributed by atoms with Crippen molar-refractivity contribution in [2.24, 2.45) is 22.2 Å². The van der Waals surface area contributed by atoms with Crippen LogP contribution in [0.15, 0.2) is 11.6 Å². The molecular weight excluding hydrogens is 283 g/mol. The molecule has 2 aliphatic rings. The zero-order valence-electron chi connectivity index (χ0n) is 12.2. The van der Waals surface area contributed by atoms with Gasteiger partial charge in [-0.15, -0.1) is 0 Å². The first-order valence-corrected chi connectivity index (χ1v) is 7.24. The van der Waals surface area contributed by atoms with Gasteiger partial charge in [0, 0.05) is 11.5 Å². The second-order valence-corrected chi connectivity index (χ2v) is 9.03. The van der Waals surface area contributed by atoms with E-state index in [9.17, 15) is 9.59 Å². The molecule has 0 radical (unpaired) electrons. The third-order valence-electron chi connectivity index (χ3n) is 4.43. The summed E-state index contributed by atoms with van der Waals surface area (Å²) in [4.78, 5) is 25.1. The number of hydrogen-bond donors (Lipinski definition) is 0. The minimum atomic E-state index is -1.18. The molecule has 0 aromatic rings. The van der Waals surface area contributed by atoms with Crippen LogP contribution in [0.2, 0.25) is 0 Å². The van der Waals surface area contributed by atoms with Crippen LogP contribution in [0.25, 0.3) is 0 Å². The van der Waals surface area contributed by atoms with Crippen LogP contribution < -0.4 is 0 Å². The van der Waals surface area contributed by atoms with E-state index in [1.54, 1.807) is 0 Å². The molecule has 0 N–H and O–H groups in total. The number of halogens is 2. The third-order valence-corrected chi connectivity index (χ3v) is 5.50. The molecule has 0 aromatic heterocycles. The standard InChI is InChI=1S/C15H20Cl2O2/c1-12(2,3)8-7-9-14(13(4,5)6,15(9,16)17)11(19)10(8)18/h7,9H,1-6H3/t9-,14+/m1/s1. The summed E-state index contributed by atoms with van der Waals surface area (Å²) in [6.45, 7) is 11.5. The number of fused-ring (bicyclic) bond motifs is 1. The van der Waals surface area contributed by atoms with E-state index in [0.717, 1.165) is 0 Å². The average Bonchev–Trinajstić information content (AvgIpc) is 2.68. The molecule has 0 bridgehead atoms. The first-order chi connectivity index (χ1) is 8.29. The lowest BCUT2D eigenvalue weighted by molar-refractivity contribution is -0.142. The SMILES string of the molecule is CC(C)(C)C1=C[C@H]2C(Cl)(Cl)[C@]2(C(C)(C)C)C(=O)C1=O. The molecule has 1 fully saturated rings. The summed E-state index contributed by atoms with van der Waals surface area (Å²) in [6, 6.07) is 0. The Morgan fingerprint density at radius 1 is 1.05 bits per heavy atom. The van der Waals surface area contributed by atoms with E-state index < -0.39 is 26.7 Å². The van der Waals surface area contributed by atoms with Gasteiger partial charge in [0.1, 0.15) is 4.33 Å². The molecule has 2 rings (SSSR count). The molecular formula is C15H20Cl2O2. The van der Waals surface area contributed by atoms with Crippen LogP contribution >= 0.6 is 23.2 Å². The zero-order chi connectivity index (χ0) is 15.0. The van der Waals surface area contributed by atoms with E-state index in [0.29, 0.717) is 5.57 Å². The minimum Gasteiger partial charge on any atom is -0.290 e. The lowest BCUT2D eigenvalue weighted by atomic mass is 9.66. The Morgan fingerprint density at radius 2 is 1.53 bits per heavy atom. The smallest absolute Gasteiger partial charge is 0.225 e. The molecule has 19 heavy (non-hydrogen) atoms. The van der Waals surface area contributed by atoms with Crippen molar-refractivity contribution in [3.8, 4) is 0 Å². The predicted octanol–water partition coefficient (Wildman–Crippen LogP) is 3.95. The molecule has 2 aliphatic carbocycles. The molecule has 0 aromatic carbocycles. The normalized spacial score (nSPS) is 33.9. The van der Waals surface area contributed by atoms with Crippen molar-refractivity contribution in [1.29, 1.82) is 0 Å². The summed E-state index contributed by atoms with van der Waals surface area (Å²) in [6.07, 6.45) is 1.83. The average molecular weight is 303 g/mol. The Kier molecular flexibility index (Phi) is 2.89. The lowest BCUT2D eigenvalue weighted by Crippen LogP contribution is -2.43. The van der Waals surface area contributed by atoms with E-state index in [2.05, 4.69) is 0 Å². The molecule has 0 spiro atoms. The highest BCUT2D eigenvalue weighted by atomic mass is 35.5. The van der Waals surface area contributed by atoms with Gasteiger partial charge in [-0.05, 0) is 10.8 Å². The molecule has 1 saturated carbocycles. The molecule has 2 atom stereocenters. The van der Waals surface area contributed by atoms with Crippen molar-refractivity contribution < 1.29 is 9.59 Å². The molecule has 0 heterocycles. The molecule has 106 valence electrons. The van der Waals surface area contributed by atoms with Crippen LogP contribution in [0.5, 0.6) is 0 Å². The fourth-order valence-electron chi connectivity index (χ4n) is 3.39. The number of carbonyl (C=O) groups is 2. The highest BCUT2D eigenvalue weighted by Crippen LogP contribution is 2.78. The van der Waals surface area contributed by atoms with Crippen molar-refractivity contribution in [3.63, 3.8) is 0 Å². The van der Waals surface area contributed by atoms with Crippen molar-refractivity contribution in [3.05, 3.63) is 11.6 Å². The van der Waals surface area contributed by atoms with Crippen molar-refractivity contribution >= 4 is 34.8 Å². The van der Waals surface area contributed by atoms with Gasteiger partial charge in [0.2, 0.25) is 11.6 Å². The topological polar surface area (TPSA) is 34.1 Å². The number of ketones is 2. The molecule has 0 amide bonds. The van der Waals surface area contributed by atoms with Gasteiger partial charge in [0.05, 0.1) is 5.41 Å². The Balaban J connectivity index is 2.63. The zero-order valence-corrected chi connectivity index (χ0v) is 13.7. The van der Waals surface area contributed by atoms with E-state index >= 15 is 0 Å². The second-order valence-electron chi connectivity index (χ2n) is 7.65. The van der Waals surface area contributed by atoms with E-state index in [1.165, 1.54) is 0 Å². The summed E-state index contributed by atoms with van der Waals surface area (Å²) < 4.78 is -1.18. The number of carbonyl (C=O) groups excluding carboxylic acids is 2. The van der Waals surface area contributed by atoms with Crippen LogP contribution in [0.3, 0.4) is 0 Å². The summed E-state index contributed by atoms with van der Waals surface area (Å²) >= 11 is 12.8. The van der Waals surface area contributed by atoms with Crippen LogP contribution in [0.1, 0.15) is 41.5 Å². The van der Waals surface area contributed by atoms with Crippen LogP contribution in [0, 0.1) is 22.2 Å². The highest BCUT2D eigenvalue weighted by Gasteiger charge is 2.85. The molecule has 0 saturated heterocycles. The second kappa shape index (κ2) is 3.65. The van der Waals surface area contributed by atoms with Gasteiger partial charge in [-0.3, -0.25) is 9.59 Å². The summed E-state index contributed by atoms with van der Waals surface area (Å²) in [7, 11) is 0. The number of allylic oxidation sites excluding steroid dienone is 2. The van der Waals surface area contributed by atoms with Crippen LogP contribution in [-0.2, 0) is 9.59 Å². The maximum absolute atomic E-state index is 12.6. The van der Waals surface area contributed by atoms with E-state index in [4.69, 9.17) is 23.2 Å². The Hall–Kier alpha value is -0.340. The maximum atomic E-state index is 12.6. The van der Waals surface area contributed by atoms with Gasteiger partial charge in [-0.25, -0.2) is 0 Å². The predicted molar refractivity (Wildman–Crippen MR) is 77.4 cm³/mol. The van der Waals surface area contributed by atoms with E-state index in [-0.39, 0.29) is 11.3 Å². The fourth-order valence-corrected chi connectivity index (χ4v) is 4.71. The molecule has 0 unspecified atom stereocenters. The van der Waals surface area contributed by atoms with Gasteiger partial charge in [-0.1, -0.05) is 70.8 Å². The van der Waals surface area contributed by atoms with Crippen molar-refractivity contribution in [1.82, 2.24) is 0 Å². The summed E-state index contributed by atoms with van der Waals surface area (Å²) in [5.74, 6) is -1.13. The summed E-state index contributed by atoms with van der Waals surface area (Å²) in [5, 5.41) is 0. The quantitative estimate of drug-likeness (QED) is 0.501. The minimum absolute atomic E-state index is 0.275. The van der Waals surface area contributed by atoms with Gasteiger partial charge >= 0.3 is 0 Å². The highest BCUT2D eigenvalue weighted by molar-refractivity contribution is 6.60. The Labute approximate surface area is 124 Å². The van der Waals surface area contributed by atoms with Gasteiger partial charge in [0.15, 0.2) is 0 Å². The number of Topliss-reactive ketones (excluding diaryl/α,β-unsaturated/α-hetero) is 2. The number of alkyl halides is 2. The van der Waals surface area contributed by atoms with Crippen LogP contribution in [-0.4, -0.2) is 15.9 Å². The van der Waals surface area contributed by atoms with Crippen molar-refractivity contribution in [2.45, 2.75) is 45.9 Å². The Bertz CT molecular complexity index is 503. The lowest BCUT2D eigenvalue weighted by Gasteiger charge is -2.34. The number of hydrogen-bond acceptors (Lipinski definition) is 2. The molecule has 4 heteroatoms. The van der Waals surface area contributed by atoms with Crippen molar-refractivity contribution in [2.75, 3.05) is 0 Å². The Morgan fingerprint density at radius 3 is 1.89 bits per heavy atom. The third kappa shape index (κ3) is 1.62. The van der Waals surface area contributed by atoms with Gasteiger partial charge < -0.3 is 0 Å². The fraction of sp³-hybridized carbons (Fsp3) is 0.733.